The largest absolute Gasteiger partial charge is 0.491 e. The number of rotatable bonds is 10. The summed E-state index contributed by atoms with van der Waals surface area (Å²) in [5, 5.41) is 1.05. The summed E-state index contributed by atoms with van der Waals surface area (Å²) >= 11 is 0. The zero-order valence-corrected chi connectivity index (χ0v) is 18.2. The van der Waals surface area contributed by atoms with Crippen molar-refractivity contribution in [1.82, 2.24) is 10.4 Å². The number of methoxy groups -OCH3 is 2. The molecule has 170 valence electrons. The van der Waals surface area contributed by atoms with Crippen LogP contribution in [0.3, 0.4) is 0 Å². The van der Waals surface area contributed by atoms with E-state index in [1.165, 1.54) is 25.4 Å². The van der Waals surface area contributed by atoms with E-state index < -0.39 is 11.9 Å². The van der Waals surface area contributed by atoms with Crippen LogP contribution >= 0.6 is 0 Å². The number of carbonyl (C=O) groups excluding carboxylic acids is 3. The minimum Gasteiger partial charge on any atom is -0.491 e. The summed E-state index contributed by atoms with van der Waals surface area (Å²) in [6.45, 7) is 0.991. The third kappa shape index (κ3) is 6.14. The Balaban J connectivity index is 1.65. The van der Waals surface area contributed by atoms with E-state index in [0.717, 1.165) is 21.9 Å². The van der Waals surface area contributed by atoms with Crippen molar-refractivity contribution in [1.29, 1.82) is 0 Å². The molecule has 9 heteroatoms. The van der Waals surface area contributed by atoms with Crippen LogP contribution in [0.1, 0.15) is 20.8 Å². The van der Waals surface area contributed by atoms with Gasteiger partial charge in [0.15, 0.2) is 0 Å². The minimum atomic E-state index is -0.605. The van der Waals surface area contributed by atoms with Gasteiger partial charge in [-0.2, -0.15) is 0 Å². The van der Waals surface area contributed by atoms with Gasteiger partial charge in [0.1, 0.15) is 18.1 Å². The van der Waals surface area contributed by atoms with Gasteiger partial charge in [-0.3, -0.25) is 20.0 Å². The van der Waals surface area contributed by atoms with E-state index in [2.05, 4.69) is 15.1 Å². The molecule has 0 unspecified atom stereocenters. The number of carbonyl (C=O) groups is 3. The average molecular weight is 449 g/mol. The molecule has 1 heterocycles. The van der Waals surface area contributed by atoms with Crippen LogP contribution < -0.4 is 15.2 Å². The topological polar surface area (TPSA) is 107 Å². The molecule has 0 spiro atoms. The van der Waals surface area contributed by atoms with E-state index in [1.807, 2.05) is 36.4 Å². The lowest BCUT2D eigenvalue weighted by molar-refractivity contribution is -0.107. The number of hydrogen-bond acceptors (Lipinski definition) is 7. The molecular weight excluding hydrogens is 426 g/mol. The standard InChI is InChI=1S/C24H23N3O6/c1-31-13-14-33-21-10-5-18(6-11-21)17-3-8-20(9-4-17)27(16-28)26-23(29)22-12-7-19(15-25-22)24(30)32-2/h3-12,15-16H,13-14H2,1-2H3,(H,26,29). The summed E-state index contributed by atoms with van der Waals surface area (Å²) in [6, 6.07) is 17.5. The Morgan fingerprint density at radius 2 is 1.61 bits per heavy atom. The fourth-order valence-electron chi connectivity index (χ4n) is 2.89. The minimum absolute atomic E-state index is 0.0407. The van der Waals surface area contributed by atoms with E-state index >= 15 is 0 Å². The highest BCUT2D eigenvalue weighted by atomic mass is 16.5. The molecule has 3 aromatic rings. The predicted molar refractivity (Wildman–Crippen MR) is 121 cm³/mol. The average Bonchev–Trinajstić information content (AvgIpc) is 2.87. The van der Waals surface area contributed by atoms with Crippen LogP contribution in [0.2, 0.25) is 0 Å². The summed E-state index contributed by atoms with van der Waals surface area (Å²) in [5.41, 5.74) is 5.09. The van der Waals surface area contributed by atoms with Crippen molar-refractivity contribution < 1.29 is 28.6 Å². The number of ether oxygens (including phenoxy) is 3. The molecular formula is C24H23N3O6. The number of hydrogen-bond donors (Lipinski definition) is 1. The highest BCUT2D eigenvalue weighted by molar-refractivity contribution is 5.97. The van der Waals surface area contributed by atoms with Crippen molar-refractivity contribution >= 4 is 24.0 Å². The fourth-order valence-corrected chi connectivity index (χ4v) is 2.89. The van der Waals surface area contributed by atoms with Crippen LogP contribution in [0.4, 0.5) is 5.69 Å². The Hall–Kier alpha value is -4.24. The molecule has 9 nitrogen and oxygen atoms in total. The number of esters is 1. The second kappa shape index (κ2) is 11.4. The van der Waals surface area contributed by atoms with Crippen molar-refractivity contribution in [3.63, 3.8) is 0 Å². The Morgan fingerprint density at radius 1 is 0.939 bits per heavy atom. The van der Waals surface area contributed by atoms with Crippen molar-refractivity contribution in [3.05, 3.63) is 78.1 Å². The highest BCUT2D eigenvalue weighted by Crippen LogP contribution is 2.24. The SMILES string of the molecule is COCCOc1ccc(-c2ccc(N(C=O)NC(=O)c3ccc(C(=O)OC)cn3)cc2)cc1. The van der Waals surface area contributed by atoms with E-state index in [-0.39, 0.29) is 11.3 Å². The predicted octanol–water partition coefficient (Wildman–Crippen LogP) is 2.87. The summed E-state index contributed by atoms with van der Waals surface area (Å²) in [7, 11) is 2.87. The third-order valence-corrected chi connectivity index (χ3v) is 4.63. The van der Waals surface area contributed by atoms with Gasteiger partial charge in [0.05, 0.1) is 25.0 Å². The molecule has 0 radical (unpaired) electrons. The third-order valence-electron chi connectivity index (χ3n) is 4.63. The van der Waals surface area contributed by atoms with Crippen LogP contribution in [0.25, 0.3) is 11.1 Å². The number of aromatic nitrogens is 1. The van der Waals surface area contributed by atoms with Crippen LogP contribution in [0, 0.1) is 0 Å². The molecule has 0 aliphatic carbocycles. The molecule has 1 N–H and O–H groups in total. The van der Waals surface area contributed by atoms with Gasteiger partial charge in [0.2, 0.25) is 6.41 Å². The first kappa shape index (κ1) is 23.4. The van der Waals surface area contributed by atoms with Crippen LogP contribution in [0.15, 0.2) is 66.9 Å². The quantitative estimate of drug-likeness (QED) is 0.219. The number of nitrogens with one attached hydrogen (secondary N) is 1. The second-order valence-electron chi connectivity index (χ2n) is 6.75. The molecule has 1 aromatic heterocycles. The van der Waals surface area contributed by atoms with Gasteiger partial charge in [0, 0.05) is 13.3 Å². The van der Waals surface area contributed by atoms with Crippen molar-refractivity contribution in [2.24, 2.45) is 0 Å². The highest BCUT2D eigenvalue weighted by Gasteiger charge is 2.14. The lowest BCUT2D eigenvalue weighted by atomic mass is 10.1. The first-order valence-corrected chi connectivity index (χ1v) is 9.98. The lowest BCUT2D eigenvalue weighted by Gasteiger charge is -2.18. The van der Waals surface area contributed by atoms with E-state index in [9.17, 15) is 14.4 Å². The Morgan fingerprint density at radius 3 is 2.15 bits per heavy atom. The lowest BCUT2D eigenvalue weighted by Crippen LogP contribution is -2.41. The molecule has 0 aliphatic heterocycles. The van der Waals surface area contributed by atoms with Crippen LogP contribution in [0.5, 0.6) is 5.75 Å². The molecule has 2 amide bonds. The molecule has 2 aromatic carbocycles. The maximum atomic E-state index is 12.4. The maximum Gasteiger partial charge on any atom is 0.339 e. The number of pyridine rings is 1. The summed E-state index contributed by atoms with van der Waals surface area (Å²) in [6.07, 6.45) is 1.72. The monoisotopic (exact) mass is 449 g/mol. The molecule has 0 saturated carbocycles. The van der Waals surface area contributed by atoms with Crippen molar-refractivity contribution in [3.8, 4) is 16.9 Å². The number of benzene rings is 2. The normalized spacial score (nSPS) is 10.2. The van der Waals surface area contributed by atoms with Crippen molar-refractivity contribution in [2.75, 3.05) is 32.4 Å². The van der Waals surface area contributed by atoms with Gasteiger partial charge in [-0.1, -0.05) is 24.3 Å². The number of hydrazine groups is 1. The second-order valence-corrected chi connectivity index (χ2v) is 6.75. The fraction of sp³-hybridized carbons (Fsp3) is 0.167. The molecule has 0 bridgehead atoms. The first-order valence-electron chi connectivity index (χ1n) is 9.98. The molecule has 0 fully saturated rings. The number of amides is 2. The zero-order chi connectivity index (χ0) is 23.6. The van der Waals surface area contributed by atoms with Gasteiger partial charge in [-0.05, 0) is 47.5 Å². The van der Waals surface area contributed by atoms with Gasteiger partial charge in [-0.25, -0.2) is 9.80 Å². The first-order chi connectivity index (χ1) is 16.0. The summed E-state index contributed by atoms with van der Waals surface area (Å²) in [5.74, 6) is -0.417. The molecule has 3 rings (SSSR count). The Labute approximate surface area is 190 Å². The number of anilines is 1. The zero-order valence-electron chi connectivity index (χ0n) is 18.2. The molecule has 0 atom stereocenters. The van der Waals surface area contributed by atoms with Crippen LogP contribution in [-0.2, 0) is 14.3 Å². The van der Waals surface area contributed by atoms with E-state index in [0.29, 0.717) is 25.3 Å². The summed E-state index contributed by atoms with van der Waals surface area (Å²) < 4.78 is 15.1. The van der Waals surface area contributed by atoms with Gasteiger partial charge in [0.25, 0.3) is 5.91 Å². The maximum absolute atomic E-state index is 12.4. The molecule has 33 heavy (non-hydrogen) atoms. The van der Waals surface area contributed by atoms with Gasteiger partial charge < -0.3 is 14.2 Å². The van der Waals surface area contributed by atoms with Gasteiger partial charge in [-0.15, -0.1) is 0 Å². The number of nitrogens with zero attached hydrogens (tertiary/aromatic N) is 2. The smallest absolute Gasteiger partial charge is 0.339 e. The van der Waals surface area contributed by atoms with Gasteiger partial charge >= 0.3 is 5.97 Å². The van der Waals surface area contributed by atoms with Crippen LogP contribution in [-0.4, -0.2) is 50.7 Å². The van der Waals surface area contributed by atoms with E-state index in [4.69, 9.17) is 9.47 Å². The Bertz CT molecular complexity index is 1080. The van der Waals surface area contributed by atoms with E-state index in [1.54, 1.807) is 19.2 Å². The molecule has 0 saturated heterocycles. The summed E-state index contributed by atoms with van der Waals surface area (Å²) in [4.78, 5) is 39.4. The molecule has 0 aliphatic rings. The Kier molecular flexibility index (Phi) is 8.09. The van der Waals surface area contributed by atoms with Crippen molar-refractivity contribution in [2.45, 2.75) is 0 Å².